The zero-order valence-electron chi connectivity index (χ0n) is 12.2. The van der Waals surface area contributed by atoms with Crippen molar-refractivity contribution in [3.05, 3.63) is 70.8 Å². The summed E-state index contributed by atoms with van der Waals surface area (Å²) in [4.78, 5) is 11.9. The Kier molecular flexibility index (Phi) is 5.46. The Hall–Kier alpha value is -2.91. The van der Waals surface area contributed by atoms with Crippen molar-refractivity contribution in [2.75, 3.05) is 0 Å². The number of carbonyl (C=O) groups excluding carboxylic acids is 1. The first-order chi connectivity index (χ1) is 10.7. The molecule has 3 nitrogen and oxygen atoms in total. The van der Waals surface area contributed by atoms with Crippen molar-refractivity contribution < 1.29 is 4.79 Å². The van der Waals surface area contributed by atoms with Gasteiger partial charge < -0.3 is 0 Å². The molecule has 0 saturated heterocycles. The van der Waals surface area contributed by atoms with Gasteiger partial charge in [0.2, 0.25) is 0 Å². The number of ketones is 1. The third-order valence-electron chi connectivity index (χ3n) is 3.55. The molecule has 2 aromatic carbocycles. The lowest BCUT2D eigenvalue weighted by molar-refractivity contribution is -0.119. The van der Waals surface area contributed by atoms with Crippen LogP contribution in [0.25, 0.3) is 0 Å². The summed E-state index contributed by atoms with van der Waals surface area (Å²) in [6, 6.07) is 18.8. The van der Waals surface area contributed by atoms with E-state index in [1.165, 1.54) is 0 Å². The molecule has 0 spiro atoms. The van der Waals surface area contributed by atoms with Crippen LogP contribution >= 0.6 is 0 Å². The smallest absolute Gasteiger partial charge is 0.133 e. The fourth-order valence-electron chi connectivity index (χ4n) is 2.18. The Morgan fingerprint density at radius 3 is 1.41 bits per heavy atom. The first-order valence-corrected chi connectivity index (χ1v) is 7.21. The standard InChI is InChI=1S/C19H16N2O/c20-13-17-5-1-15(2-6-17)9-11-19(22)12-10-16-3-7-18(14-21)8-4-16/h1-8H,9-12H2. The van der Waals surface area contributed by atoms with E-state index >= 15 is 0 Å². The van der Waals surface area contributed by atoms with Crippen LogP contribution in [0, 0.1) is 22.7 Å². The van der Waals surface area contributed by atoms with Crippen LogP contribution in [0.5, 0.6) is 0 Å². The number of Topliss-reactive ketones (excluding diaryl/α,β-unsaturated/α-hetero) is 1. The number of rotatable bonds is 6. The van der Waals surface area contributed by atoms with Crippen LogP contribution in [0.3, 0.4) is 0 Å². The number of hydrogen-bond donors (Lipinski definition) is 0. The minimum Gasteiger partial charge on any atom is -0.300 e. The zero-order chi connectivity index (χ0) is 15.8. The van der Waals surface area contributed by atoms with Crippen molar-refractivity contribution in [3.63, 3.8) is 0 Å². The first kappa shape index (κ1) is 15.5. The lowest BCUT2D eigenvalue weighted by Gasteiger charge is -2.03. The minimum atomic E-state index is 0.230. The van der Waals surface area contributed by atoms with E-state index in [9.17, 15) is 4.79 Å². The molecule has 2 rings (SSSR count). The van der Waals surface area contributed by atoms with E-state index in [2.05, 4.69) is 12.1 Å². The molecule has 0 bridgehead atoms. The van der Waals surface area contributed by atoms with Gasteiger partial charge in [0.1, 0.15) is 5.78 Å². The molecule has 0 amide bonds. The van der Waals surface area contributed by atoms with Gasteiger partial charge in [-0.15, -0.1) is 0 Å². The Labute approximate surface area is 130 Å². The van der Waals surface area contributed by atoms with Gasteiger partial charge in [-0.1, -0.05) is 24.3 Å². The van der Waals surface area contributed by atoms with Gasteiger partial charge in [0.15, 0.2) is 0 Å². The third kappa shape index (κ3) is 4.58. The fraction of sp³-hybridized carbons (Fsp3) is 0.211. The van der Waals surface area contributed by atoms with Gasteiger partial charge >= 0.3 is 0 Å². The van der Waals surface area contributed by atoms with Gasteiger partial charge in [-0.3, -0.25) is 4.79 Å². The molecule has 108 valence electrons. The van der Waals surface area contributed by atoms with Crippen molar-refractivity contribution in [2.45, 2.75) is 25.7 Å². The molecule has 0 unspecified atom stereocenters. The Bertz CT molecular complexity index is 653. The molecule has 0 N–H and O–H groups in total. The summed E-state index contributed by atoms with van der Waals surface area (Å²) >= 11 is 0. The second kappa shape index (κ2) is 7.76. The molecular weight excluding hydrogens is 272 g/mol. The number of benzene rings is 2. The highest BCUT2D eigenvalue weighted by Crippen LogP contribution is 2.10. The minimum absolute atomic E-state index is 0.230. The monoisotopic (exact) mass is 288 g/mol. The average molecular weight is 288 g/mol. The summed E-state index contributed by atoms with van der Waals surface area (Å²) < 4.78 is 0. The molecule has 0 fully saturated rings. The summed E-state index contributed by atoms with van der Waals surface area (Å²) in [5, 5.41) is 17.5. The Morgan fingerprint density at radius 1 is 0.727 bits per heavy atom. The van der Waals surface area contributed by atoms with Gasteiger partial charge in [-0.2, -0.15) is 10.5 Å². The Balaban J connectivity index is 1.77. The van der Waals surface area contributed by atoms with Crippen LogP contribution in [0.2, 0.25) is 0 Å². The van der Waals surface area contributed by atoms with E-state index in [1.54, 1.807) is 24.3 Å². The number of nitrogens with zero attached hydrogens (tertiary/aromatic N) is 2. The summed E-state index contributed by atoms with van der Waals surface area (Å²) in [7, 11) is 0. The number of hydrogen-bond acceptors (Lipinski definition) is 3. The maximum absolute atomic E-state index is 11.9. The molecule has 0 aliphatic heterocycles. The van der Waals surface area contributed by atoms with E-state index in [-0.39, 0.29) is 5.78 Å². The van der Waals surface area contributed by atoms with Crippen LogP contribution in [-0.4, -0.2) is 5.78 Å². The second-order valence-electron chi connectivity index (χ2n) is 5.16. The molecule has 3 heteroatoms. The van der Waals surface area contributed by atoms with Gasteiger partial charge in [0, 0.05) is 12.8 Å². The van der Waals surface area contributed by atoms with Gasteiger partial charge in [0.05, 0.1) is 23.3 Å². The van der Waals surface area contributed by atoms with Crippen LogP contribution in [0.4, 0.5) is 0 Å². The Morgan fingerprint density at radius 2 is 1.09 bits per heavy atom. The number of nitriles is 2. The molecule has 0 saturated carbocycles. The van der Waals surface area contributed by atoms with Gasteiger partial charge in [0.25, 0.3) is 0 Å². The molecule has 2 aromatic rings. The van der Waals surface area contributed by atoms with E-state index in [0.717, 1.165) is 11.1 Å². The van der Waals surface area contributed by atoms with Crippen LogP contribution in [-0.2, 0) is 17.6 Å². The van der Waals surface area contributed by atoms with E-state index in [1.807, 2.05) is 24.3 Å². The number of carbonyl (C=O) groups is 1. The molecular formula is C19H16N2O. The lowest BCUT2D eigenvalue weighted by Crippen LogP contribution is -2.02. The van der Waals surface area contributed by atoms with Crippen molar-refractivity contribution in [1.82, 2.24) is 0 Å². The summed E-state index contributed by atoms with van der Waals surface area (Å²) in [5.74, 6) is 0.230. The highest BCUT2D eigenvalue weighted by atomic mass is 16.1. The maximum atomic E-state index is 11.9. The van der Waals surface area contributed by atoms with E-state index in [0.29, 0.717) is 36.8 Å². The highest BCUT2D eigenvalue weighted by molar-refractivity contribution is 5.78. The second-order valence-corrected chi connectivity index (χ2v) is 5.16. The van der Waals surface area contributed by atoms with E-state index in [4.69, 9.17) is 10.5 Å². The van der Waals surface area contributed by atoms with Crippen molar-refractivity contribution in [1.29, 1.82) is 10.5 Å². The summed E-state index contributed by atoms with van der Waals surface area (Å²) in [6.45, 7) is 0. The van der Waals surface area contributed by atoms with Crippen molar-refractivity contribution in [3.8, 4) is 12.1 Å². The van der Waals surface area contributed by atoms with Crippen molar-refractivity contribution >= 4 is 5.78 Å². The van der Waals surface area contributed by atoms with Gasteiger partial charge in [-0.25, -0.2) is 0 Å². The van der Waals surface area contributed by atoms with Crippen LogP contribution in [0.15, 0.2) is 48.5 Å². The predicted molar refractivity (Wildman–Crippen MR) is 84.0 cm³/mol. The normalized spacial score (nSPS) is 9.73. The molecule has 22 heavy (non-hydrogen) atoms. The lowest BCUT2D eigenvalue weighted by atomic mass is 10.0. The zero-order valence-corrected chi connectivity index (χ0v) is 12.2. The fourth-order valence-corrected chi connectivity index (χ4v) is 2.18. The third-order valence-corrected chi connectivity index (χ3v) is 3.55. The van der Waals surface area contributed by atoms with Gasteiger partial charge in [-0.05, 0) is 48.2 Å². The molecule has 0 aromatic heterocycles. The van der Waals surface area contributed by atoms with Crippen LogP contribution in [0.1, 0.15) is 35.1 Å². The SMILES string of the molecule is N#Cc1ccc(CCC(=O)CCc2ccc(C#N)cc2)cc1. The molecule has 0 radical (unpaired) electrons. The molecule has 0 aliphatic carbocycles. The van der Waals surface area contributed by atoms with Crippen molar-refractivity contribution in [2.24, 2.45) is 0 Å². The summed E-state index contributed by atoms with van der Waals surface area (Å²) in [6.07, 6.45) is 2.44. The molecule has 0 heterocycles. The average Bonchev–Trinajstić information content (AvgIpc) is 2.59. The predicted octanol–water partition coefficient (Wildman–Crippen LogP) is 3.56. The van der Waals surface area contributed by atoms with Crippen LogP contribution < -0.4 is 0 Å². The molecule has 0 atom stereocenters. The first-order valence-electron chi connectivity index (χ1n) is 7.21. The topological polar surface area (TPSA) is 64.7 Å². The van der Waals surface area contributed by atoms with E-state index < -0.39 is 0 Å². The number of aryl methyl sites for hydroxylation is 2. The largest absolute Gasteiger partial charge is 0.300 e. The quantitative estimate of drug-likeness (QED) is 0.816. The summed E-state index contributed by atoms with van der Waals surface area (Å²) in [5.41, 5.74) is 3.42. The highest BCUT2D eigenvalue weighted by Gasteiger charge is 2.04. The molecule has 0 aliphatic rings. The maximum Gasteiger partial charge on any atom is 0.133 e.